The molecule has 1 aliphatic carbocycles. The highest BCUT2D eigenvalue weighted by Gasteiger charge is 2.51. The van der Waals surface area contributed by atoms with Crippen LogP contribution in [0, 0.1) is 11.7 Å². The highest BCUT2D eigenvalue weighted by atomic mass is 32.7. The molecule has 2 bridgehead atoms. The molecular weight excluding hydrogens is 641 g/mol. The molecular formula is C20H25FN8O9P2S2. The van der Waals surface area contributed by atoms with E-state index >= 15 is 0 Å². The molecule has 5 N–H and O–H groups in total. The standard InChI is InChI=1S/C20H25FN8O9P2S2/c21-10-3-23-6-24-16(10)26-9-1-8-4-34-40(33,42)38-15-14(30)12(5-35-39(32,41)37-11(8)2-9)36-19(15)29-7-25-13-17(29)27-20(22)28-18(13)31/h3,6-9,11-12,14-15,19,30H,1-2,4-5H2,(H,32,41)(H,33,42)(H,23,24,26)(H3,22,27,28,31)/t8-,9-,11+,12-,14-,15-,19-,39+,40+/m1/s1. The second-order valence-corrected chi connectivity index (χ2v) is 15.6. The molecule has 1 saturated carbocycles. The molecule has 17 nitrogen and oxygen atoms in total. The molecule has 228 valence electrons. The van der Waals surface area contributed by atoms with Crippen molar-refractivity contribution in [2.75, 3.05) is 24.3 Å². The lowest BCUT2D eigenvalue weighted by Crippen LogP contribution is -2.35. The van der Waals surface area contributed by atoms with E-state index in [1.807, 2.05) is 0 Å². The third-order valence-electron chi connectivity index (χ3n) is 7.05. The first-order valence-electron chi connectivity index (χ1n) is 12.5. The summed E-state index contributed by atoms with van der Waals surface area (Å²) in [5.74, 6) is -1.43. The fourth-order valence-corrected chi connectivity index (χ4v) is 8.25. The molecule has 6 rings (SSSR count). The number of nitrogen functional groups attached to an aromatic ring is 1. The van der Waals surface area contributed by atoms with Crippen LogP contribution in [0.15, 0.2) is 23.6 Å². The Morgan fingerprint density at radius 1 is 1.14 bits per heavy atom. The average molecular weight is 667 g/mol. The van der Waals surface area contributed by atoms with Gasteiger partial charge >= 0.3 is 13.6 Å². The van der Waals surface area contributed by atoms with E-state index in [9.17, 15) is 23.4 Å². The van der Waals surface area contributed by atoms with Crippen molar-refractivity contribution in [2.24, 2.45) is 5.92 Å². The van der Waals surface area contributed by atoms with Gasteiger partial charge in [0.1, 0.15) is 24.6 Å². The summed E-state index contributed by atoms with van der Waals surface area (Å²) in [6, 6.07) is -0.405. The molecule has 0 radical (unpaired) electrons. The molecule has 2 saturated heterocycles. The monoisotopic (exact) mass is 666 g/mol. The van der Waals surface area contributed by atoms with Gasteiger partial charge in [-0.2, -0.15) is 4.98 Å². The van der Waals surface area contributed by atoms with Crippen LogP contribution in [0.1, 0.15) is 19.1 Å². The first-order valence-corrected chi connectivity index (χ1v) is 17.9. The molecule has 0 amide bonds. The van der Waals surface area contributed by atoms with Crippen molar-refractivity contribution in [3.05, 3.63) is 35.0 Å². The number of H-pyrrole nitrogens is 1. The number of rotatable bonds is 3. The quantitative estimate of drug-likeness (QED) is 0.173. The van der Waals surface area contributed by atoms with Gasteiger partial charge in [0.2, 0.25) is 5.95 Å². The summed E-state index contributed by atoms with van der Waals surface area (Å²) in [5.41, 5.74) is 4.99. The number of anilines is 2. The fourth-order valence-electron chi connectivity index (χ4n) is 5.19. The summed E-state index contributed by atoms with van der Waals surface area (Å²) in [6.45, 7) is -9.00. The number of ether oxygens (including phenoxy) is 1. The molecule has 3 aromatic rings. The summed E-state index contributed by atoms with van der Waals surface area (Å²) < 4.78 is 70.5. The maximum absolute atomic E-state index is 14.1. The lowest BCUT2D eigenvalue weighted by atomic mass is 10.1. The molecule has 3 aromatic heterocycles. The van der Waals surface area contributed by atoms with E-state index in [-0.39, 0.29) is 36.0 Å². The number of hydrogen-bond donors (Lipinski definition) is 6. The van der Waals surface area contributed by atoms with Gasteiger partial charge in [0.05, 0.1) is 31.8 Å². The lowest BCUT2D eigenvalue weighted by Gasteiger charge is -2.26. The van der Waals surface area contributed by atoms with Gasteiger partial charge < -0.3 is 25.4 Å². The Labute approximate surface area is 246 Å². The van der Waals surface area contributed by atoms with Gasteiger partial charge in [-0.1, -0.05) is 24.5 Å². The Hall–Kier alpha value is -2.12. The number of hydrogen-bond acceptors (Lipinski definition) is 15. The van der Waals surface area contributed by atoms with Crippen LogP contribution < -0.4 is 16.6 Å². The molecule has 9 atom stereocenters. The predicted octanol–water partition coefficient (Wildman–Crippen LogP) is 1.67. The van der Waals surface area contributed by atoms with Gasteiger partial charge in [0.15, 0.2) is 29.0 Å². The Bertz CT molecular complexity index is 1650. The molecule has 22 heteroatoms. The van der Waals surface area contributed by atoms with E-state index in [2.05, 4.69) is 54.7 Å². The zero-order valence-electron chi connectivity index (χ0n) is 21.3. The van der Waals surface area contributed by atoms with E-state index in [1.54, 1.807) is 0 Å². The second kappa shape index (κ2) is 11.4. The number of nitrogens with zero attached hydrogens (tertiary/aromatic N) is 5. The number of halogens is 1. The van der Waals surface area contributed by atoms with Crippen LogP contribution in [-0.2, 0) is 32.0 Å². The van der Waals surface area contributed by atoms with Crippen molar-refractivity contribution >= 4 is 61.0 Å². The zero-order valence-corrected chi connectivity index (χ0v) is 24.9. The van der Waals surface area contributed by atoms with Crippen molar-refractivity contribution in [3.63, 3.8) is 0 Å². The van der Waals surface area contributed by atoms with Gasteiger partial charge in [-0.3, -0.25) is 27.9 Å². The van der Waals surface area contributed by atoms with Gasteiger partial charge in [0, 0.05) is 12.0 Å². The number of aliphatic hydroxyl groups excluding tert-OH is 1. The van der Waals surface area contributed by atoms with Crippen LogP contribution in [0.25, 0.3) is 11.2 Å². The van der Waals surface area contributed by atoms with Crippen LogP contribution >= 0.6 is 38.1 Å². The van der Waals surface area contributed by atoms with E-state index in [0.717, 1.165) is 6.20 Å². The number of thiol groups is 2. The van der Waals surface area contributed by atoms with Crippen molar-refractivity contribution < 1.29 is 41.5 Å². The normalized spacial score (nSPS) is 37.5. The maximum atomic E-state index is 14.1. The highest BCUT2D eigenvalue weighted by molar-refractivity contribution is 8.44. The molecule has 0 spiro atoms. The molecule has 3 aliphatic rings. The lowest BCUT2D eigenvalue weighted by molar-refractivity contribution is -0.0487. The van der Waals surface area contributed by atoms with Gasteiger partial charge in [-0.25, -0.2) is 28.5 Å². The summed E-state index contributed by atoms with van der Waals surface area (Å²) in [4.78, 5) is 30.2. The summed E-state index contributed by atoms with van der Waals surface area (Å²) in [5, 5.41) is 14.0. The number of nitrogens with one attached hydrogen (secondary N) is 2. The third-order valence-corrected chi connectivity index (χ3v) is 10.3. The minimum atomic E-state index is -4.21. The Morgan fingerprint density at radius 3 is 2.69 bits per heavy atom. The maximum Gasteiger partial charge on any atom is 0.386 e. The summed E-state index contributed by atoms with van der Waals surface area (Å²) in [6.07, 6.45) is -2.25. The number of aromatic nitrogens is 6. The minimum absolute atomic E-state index is 0.00434. The first kappa shape index (κ1) is 29.9. The van der Waals surface area contributed by atoms with Crippen LogP contribution in [0.2, 0.25) is 0 Å². The summed E-state index contributed by atoms with van der Waals surface area (Å²) in [7, 11) is 0. The number of aliphatic hydroxyl groups is 1. The predicted molar refractivity (Wildman–Crippen MR) is 149 cm³/mol. The van der Waals surface area contributed by atoms with Crippen LogP contribution in [0.4, 0.5) is 16.2 Å². The van der Waals surface area contributed by atoms with Crippen molar-refractivity contribution in [1.82, 2.24) is 29.5 Å². The largest absolute Gasteiger partial charge is 0.387 e. The molecule has 42 heavy (non-hydrogen) atoms. The third kappa shape index (κ3) is 6.10. The van der Waals surface area contributed by atoms with Gasteiger partial charge in [0.25, 0.3) is 5.56 Å². The van der Waals surface area contributed by atoms with E-state index in [0.29, 0.717) is 6.42 Å². The molecule has 3 fully saturated rings. The number of nitrogens with two attached hydrogens (primary N) is 1. The number of fused-ring (bicyclic) bond motifs is 4. The van der Waals surface area contributed by atoms with Crippen molar-refractivity contribution in [1.29, 1.82) is 0 Å². The smallest absolute Gasteiger partial charge is 0.386 e. The van der Waals surface area contributed by atoms with Crippen LogP contribution in [0.3, 0.4) is 0 Å². The number of aromatic amines is 1. The fraction of sp³-hybridized carbons (Fsp3) is 0.550. The topological polar surface area (TPSA) is 228 Å². The average Bonchev–Trinajstić information content (AvgIpc) is 3.58. The molecule has 0 unspecified atom stereocenters. The van der Waals surface area contributed by atoms with E-state index in [4.69, 9.17) is 28.6 Å². The van der Waals surface area contributed by atoms with Crippen molar-refractivity contribution in [2.45, 2.75) is 49.5 Å². The van der Waals surface area contributed by atoms with E-state index in [1.165, 1.54) is 17.2 Å². The number of imidazole rings is 1. The Morgan fingerprint density at radius 2 is 1.90 bits per heavy atom. The zero-order chi connectivity index (χ0) is 29.8. The minimum Gasteiger partial charge on any atom is -0.387 e. The summed E-state index contributed by atoms with van der Waals surface area (Å²) >= 11 is 8.20. The molecule has 5 heterocycles. The first-order chi connectivity index (χ1) is 19.9. The van der Waals surface area contributed by atoms with Gasteiger partial charge in [-0.05, 0) is 12.8 Å². The Balaban J connectivity index is 1.27. The molecule has 2 aliphatic heterocycles. The van der Waals surface area contributed by atoms with Crippen LogP contribution in [0.5, 0.6) is 0 Å². The van der Waals surface area contributed by atoms with Crippen molar-refractivity contribution in [3.8, 4) is 0 Å². The Kier molecular flexibility index (Phi) is 8.14. The highest BCUT2D eigenvalue weighted by Crippen LogP contribution is 2.60. The second-order valence-electron chi connectivity index (χ2n) is 9.87. The van der Waals surface area contributed by atoms with Crippen LogP contribution in [-0.4, -0.2) is 78.3 Å². The van der Waals surface area contributed by atoms with Gasteiger partial charge in [-0.15, -0.1) is 0 Å². The van der Waals surface area contributed by atoms with E-state index < -0.39 is 74.2 Å². The SMILES string of the molecule is Nc1nc2c(ncn2[C@@H]2O[C@@H]3CO[P@](=O)(S)O[C@H]4C[C@H](Nc5ncncc5F)C[C@@H]4CO[P@](=O)(S)O[C@@H]2[C@@H]3O)c(=O)[nH]1. The molecule has 0 aromatic carbocycles.